The molecule has 20 heteroatoms. The van der Waals surface area contributed by atoms with Crippen LogP contribution in [0.4, 0.5) is 11.4 Å². The summed E-state index contributed by atoms with van der Waals surface area (Å²) in [6.07, 6.45) is -4.50. The lowest BCUT2D eigenvalue weighted by atomic mass is 10.0. The Morgan fingerprint density at radius 1 is 0.909 bits per heavy atom. The normalized spacial score (nSPS) is 13.4. The van der Waals surface area contributed by atoms with Gasteiger partial charge in [0.15, 0.2) is 21.7 Å². The van der Waals surface area contributed by atoms with Crippen LogP contribution in [-0.2, 0) is 13.1 Å². The molecule has 3 atom stereocenters. The fourth-order valence-electron chi connectivity index (χ4n) is 3.36. The molecular formula is C24H30N8O10S2. The fourth-order valence-corrected chi connectivity index (χ4v) is 3.60. The highest BCUT2D eigenvalue weighted by atomic mass is 32.1. The molecule has 18 nitrogen and oxygen atoms in total. The third-order valence-electron chi connectivity index (χ3n) is 5.64. The Balaban J connectivity index is 2.07. The third kappa shape index (κ3) is 10.6. The lowest BCUT2D eigenvalue weighted by Gasteiger charge is -2.21. The van der Waals surface area contributed by atoms with Crippen molar-refractivity contribution >= 4 is 58.0 Å². The van der Waals surface area contributed by atoms with Crippen molar-refractivity contribution in [1.82, 2.24) is 21.5 Å². The summed E-state index contributed by atoms with van der Waals surface area (Å²) in [4.78, 5) is 21.3. The van der Waals surface area contributed by atoms with Crippen molar-refractivity contribution in [3.63, 3.8) is 0 Å². The van der Waals surface area contributed by atoms with Gasteiger partial charge in [0.1, 0.15) is 24.0 Å². The summed E-state index contributed by atoms with van der Waals surface area (Å²) in [5, 5.41) is 75.1. The number of aliphatic hydroxyl groups excluding tert-OH is 4. The van der Waals surface area contributed by atoms with Crippen molar-refractivity contribution in [1.29, 1.82) is 0 Å². The average molecular weight is 655 g/mol. The maximum absolute atomic E-state index is 11.2. The standard InChI is InChI=1S/C24H30N8O10S2/c1-41-19-5-3-13(7-16(19)31(37)38)9-25-23(43)29-27-11-15(21(35)22(36)18(34)12-33)28-30-24(44)26-10-14-4-6-20(42-2)17(8-14)32(39)40/h3-8,11,18,21-22,33-36H,9-10,12H2,1-2H3,(H2,25,29,43)(H2,26,30,44)/b27-11+,28-15+/t18-,21-,22-/m1/s1. The molecule has 0 unspecified atom stereocenters. The Kier molecular flexibility index (Phi) is 14.2. The number of nitro groups is 2. The highest BCUT2D eigenvalue weighted by Crippen LogP contribution is 2.28. The first-order valence-electron chi connectivity index (χ1n) is 12.4. The number of methoxy groups -OCH3 is 2. The molecule has 2 aromatic carbocycles. The summed E-state index contributed by atoms with van der Waals surface area (Å²) in [5.74, 6) is 0.175. The van der Waals surface area contributed by atoms with E-state index in [4.69, 9.17) is 39.0 Å². The molecule has 0 aromatic heterocycles. The quantitative estimate of drug-likeness (QED) is 0.0524. The molecular weight excluding hydrogens is 624 g/mol. The number of hydrogen-bond donors (Lipinski definition) is 8. The molecule has 0 aliphatic rings. The monoisotopic (exact) mass is 654 g/mol. The van der Waals surface area contributed by atoms with Crippen LogP contribution in [-0.4, -0.2) is 91.6 Å². The Hall–Kier alpha value is -4.60. The van der Waals surface area contributed by atoms with E-state index in [1.807, 2.05) is 0 Å². The van der Waals surface area contributed by atoms with E-state index in [-0.39, 0.29) is 51.9 Å². The molecule has 0 amide bonds. The van der Waals surface area contributed by atoms with Crippen molar-refractivity contribution < 1.29 is 39.7 Å². The van der Waals surface area contributed by atoms with Gasteiger partial charge in [-0.05, 0) is 47.7 Å². The van der Waals surface area contributed by atoms with Crippen LogP contribution in [0.3, 0.4) is 0 Å². The number of nitrogens with zero attached hydrogens (tertiary/aromatic N) is 4. The fraction of sp³-hybridized carbons (Fsp3) is 0.333. The summed E-state index contributed by atoms with van der Waals surface area (Å²) < 4.78 is 9.93. The number of ether oxygens (including phenoxy) is 2. The van der Waals surface area contributed by atoms with E-state index in [2.05, 4.69) is 31.7 Å². The van der Waals surface area contributed by atoms with Gasteiger partial charge in [0, 0.05) is 25.2 Å². The first kappa shape index (κ1) is 35.6. The van der Waals surface area contributed by atoms with Gasteiger partial charge in [0.05, 0.1) is 36.9 Å². The molecule has 238 valence electrons. The van der Waals surface area contributed by atoms with E-state index in [0.29, 0.717) is 11.1 Å². The van der Waals surface area contributed by atoms with Crippen molar-refractivity contribution in [3.05, 3.63) is 67.8 Å². The Bertz CT molecular complexity index is 1410. The van der Waals surface area contributed by atoms with Crippen LogP contribution in [0.25, 0.3) is 0 Å². The van der Waals surface area contributed by atoms with Gasteiger partial charge in [-0.1, -0.05) is 12.1 Å². The third-order valence-corrected chi connectivity index (χ3v) is 6.11. The number of benzene rings is 2. The van der Waals surface area contributed by atoms with Crippen LogP contribution < -0.4 is 31.0 Å². The number of nitrogens with one attached hydrogen (secondary N) is 4. The summed E-state index contributed by atoms with van der Waals surface area (Å²) in [6.45, 7) is -0.737. The zero-order valence-corrected chi connectivity index (χ0v) is 24.9. The van der Waals surface area contributed by atoms with Gasteiger partial charge in [0.2, 0.25) is 0 Å². The minimum Gasteiger partial charge on any atom is -0.490 e. The SMILES string of the molecule is COc1ccc(CNC(=S)N/N=C/C(=N\NC(=S)NCc2ccc(OC)c([N+](=O)[O-])c2)[C@@H](O)[C@H](O)[C@H](O)CO)cc1[N+](=O)[O-]. The minimum absolute atomic E-state index is 0.0248. The Labute approximate surface area is 260 Å². The van der Waals surface area contributed by atoms with Gasteiger partial charge in [-0.25, -0.2) is 0 Å². The molecule has 8 N–H and O–H groups in total. The molecule has 2 aromatic rings. The van der Waals surface area contributed by atoms with Gasteiger partial charge in [0.25, 0.3) is 0 Å². The highest BCUT2D eigenvalue weighted by Gasteiger charge is 2.28. The lowest BCUT2D eigenvalue weighted by Crippen LogP contribution is -2.45. The van der Waals surface area contributed by atoms with E-state index in [0.717, 1.165) is 6.21 Å². The molecule has 0 heterocycles. The van der Waals surface area contributed by atoms with E-state index in [1.165, 1.54) is 38.5 Å². The summed E-state index contributed by atoms with van der Waals surface area (Å²) in [5.41, 5.74) is 5.04. The maximum atomic E-state index is 11.2. The van der Waals surface area contributed by atoms with Crippen LogP contribution in [0.1, 0.15) is 11.1 Å². The van der Waals surface area contributed by atoms with Crippen LogP contribution in [0.15, 0.2) is 46.6 Å². The van der Waals surface area contributed by atoms with E-state index < -0.39 is 34.8 Å². The summed E-state index contributed by atoms with van der Waals surface area (Å²) in [7, 11) is 2.62. The van der Waals surface area contributed by atoms with E-state index >= 15 is 0 Å². The van der Waals surface area contributed by atoms with E-state index in [1.54, 1.807) is 12.1 Å². The second-order valence-corrected chi connectivity index (χ2v) is 9.41. The first-order valence-corrected chi connectivity index (χ1v) is 13.2. The Morgan fingerprint density at radius 3 is 1.82 bits per heavy atom. The van der Waals surface area contributed by atoms with Crippen molar-refractivity contribution in [2.45, 2.75) is 31.4 Å². The zero-order valence-electron chi connectivity index (χ0n) is 23.2. The van der Waals surface area contributed by atoms with Gasteiger partial charge in [-0.2, -0.15) is 10.2 Å². The van der Waals surface area contributed by atoms with Gasteiger partial charge >= 0.3 is 11.4 Å². The molecule has 0 aliphatic carbocycles. The average Bonchev–Trinajstić information content (AvgIpc) is 3.02. The van der Waals surface area contributed by atoms with Crippen LogP contribution in [0, 0.1) is 20.2 Å². The van der Waals surface area contributed by atoms with Gasteiger partial charge in [-0.3, -0.25) is 31.1 Å². The molecule has 0 aliphatic heterocycles. The van der Waals surface area contributed by atoms with Crippen molar-refractivity contribution in [2.75, 3.05) is 20.8 Å². The topological polar surface area (TPSA) is 258 Å². The summed E-state index contributed by atoms with van der Waals surface area (Å²) >= 11 is 10.3. The lowest BCUT2D eigenvalue weighted by molar-refractivity contribution is -0.385. The largest absolute Gasteiger partial charge is 0.490 e. The molecule has 2 rings (SSSR count). The molecule has 0 saturated carbocycles. The maximum Gasteiger partial charge on any atom is 0.311 e. The molecule has 0 spiro atoms. The smallest absolute Gasteiger partial charge is 0.311 e. The highest BCUT2D eigenvalue weighted by molar-refractivity contribution is 7.80. The number of thiocarbonyl (C=S) groups is 2. The zero-order chi connectivity index (χ0) is 32.8. The molecule has 0 bridgehead atoms. The second-order valence-electron chi connectivity index (χ2n) is 8.60. The minimum atomic E-state index is -1.87. The number of hydrogen-bond acceptors (Lipinski definition) is 14. The van der Waals surface area contributed by atoms with Gasteiger partial charge in [-0.15, -0.1) is 0 Å². The molecule has 0 fully saturated rings. The first-order chi connectivity index (χ1) is 20.9. The molecule has 44 heavy (non-hydrogen) atoms. The number of nitro benzene ring substituents is 2. The molecule has 0 radical (unpaired) electrons. The van der Waals surface area contributed by atoms with Crippen LogP contribution in [0.2, 0.25) is 0 Å². The number of aliphatic hydroxyl groups is 4. The van der Waals surface area contributed by atoms with Gasteiger partial charge < -0.3 is 40.5 Å². The number of rotatable bonds is 15. The second kappa shape index (κ2) is 17.5. The van der Waals surface area contributed by atoms with Crippen molar-refractivity contribution in [3.8, 4) is 11.5 Å². The predicted molar refractivity (Wildman–Crippen MR) is 165 cm³/mol. The van der Waals surface area contributed by atoms with Crippen LogP contribution >= 0.6 is 24.4 Å². The predicted octanol–water partition coefficient (Wildman–Crippen LogP) is -0.435. The Morgan fingerprint density at radius 2 is 1.39 bits per heavy atom. The van der Waals surface area contributed by atoms with Crippen molar-refractivity contribution in [2.24, 2.45) is 10.2 Å². The van der Waals surface area contributed by atoms with Crippen LogP contribution in [0.5, 0.6) is 11.5 Å². The molecule has 0 saturated heterocycles. The number of hydrazone groups is 2. The summed E-state index contributed by atoms with van der Waals surface area (Å²) in [6, 6.07) is 8.65. The van der Waals surface area contributed by atoms with E-state index in [9.17, 15) is 35.5 Å².